The number of nitriles is 1. The molecule has 1 aromatic rings. The highest BCUT2D eigenvalue weighted by atomic mass is 19.1. The minimum atomic E-state index is -0.518. The average molecular weight is 235 g/mol. The summed E-state index contributed by atoms with van der Waals surface area (Å²) in [5, 5.41) is 11.9. The van der Waals surface area contributed by atoms with Crippen molar-refractivity contribution in [3.05, 3.63) is 23.5 Å². The van der Waals surface area contributed by atoms with Crippen molar-refractivity contribution in [2.24, 2.45) is 0 Å². The van der Waals surface area contributed by atoms with Crippen molar-refractivity contribution in [2.45, 2.75) is 39.2 Å². The van der Waals surface area contributed by atoms with E-state index < -0.39 is 5.54 Å². The normalized spacial score (nSPS) is 15.2. The van der Waals surface area contributed by atoms with Crippen molar-refractivity contribution in [1.29, 1.82) is 5.26 Å². The van der Waals surface area contributed by atoms with Crippen molar-refractivity contribution in [2.75, 3.05) is 11.1 Å². The van der Waals surface area contributed by atoms with E-state index in [9.17, 15) is 4.39 Å². The summed E-state index contributed by atoms with van der Waals surface area (Å²) in [7, 11) is 0. The van der Waals surface area contributed by atoms with E-state index >= 15 is 0 Å². The molecule has 3 N–H and O–H groups in total. The first kappa shape index (κ1) is 13.3. The van der Waals surface area contributed by atoms with Crippen molar-refractivity contribution in [3.63, 3.8) is 0 Å². The Morgan fingerprint density at radius 2 is 2.00 bits per heavy atom. The Kier molecular flexibility index (Phi) is 3.95. The Morgan fingerprint density at radius 1 is 1.41 bits per heavy atom. The van der Waals surface area contributed by atoms with Crippen LogP contribution in [0.1, 0.15) is 32.3 Å². The Hall–Kier alpha value is -1.76. The Bertz CT molecular complexity index is 445. The molecule has 1 aliphatic rings. The van der Waals surface area contributed by atoms with Gasteiger partial charge in [-0.15, -0.1) is 0 Å². The van der Waals surface area contributed by atoms with E-state index in [1.165, 1.54) is 6.07 Å². The Balaban J connectivity index is 0.000000686. The summed E-state index contributed by atoms with van der Waals surface area (Å²) >= 11 is 0. The summed E-state index contributed by atoms with van der Waals surface area (Å²) in [6.07, 6.45) is 1.58. The fourth-order valence-corrected chi connectivity index (χ4v) is 1.46. The molecule has 0 heterocycles. The maximum absolute atomic E-state index is 13.3. The maximum Gasteiger partial charge on any atom is 0.128 e. The number of nitrogens with zero attached hydrogens (tertiary/aromatic N) is 1. The van der Waals surface area contributed by atoms with Gasteiger partial charge in [0.1, 0.15) is 11.4 Å². The van der Waals surface area contributed by atoms with E-state index in [2.05, 4.69) is 11.4 Å². The van der Waals surface area contributed by atoms with Crippen molar-refractivity contribution in [1.82, 2.24) is 0 Å². The molecule has 0 saturated heterocycles. The molecule has 0 unspecified atom stereocenters. The number of aryl methyl sites for hydroxylation is 1. The smallest absolute Gasteiger partial charge is 0.128 e. The third-order valence-electron chi connectivity index (χ3n) is 2.67. The first-order valence-corrected chi connectivity index (χ1v) is 5.81. The second-order valence-corrected chi connectivity index (χ2v) is 4.01. The van der Waals surface area contributed by atoms with Crippen LogP contribution in [0.25, 0.3) is 0 Å². The number of hydrogen-bond acceptors (Lipinski definition) is 3. The number of nitrogens with two attached hydrogens (primary N) is 1. The van der Waals surface area contributed by atoms with E-state index in [0.717, 1.165) is 12.8 Å². The summed E-state index contributed by atoms with van der Waals surface area (Å²) < 4.78 is 13.3. The molecule has 0 spiro atoms. The van der Waals surface area contributed by atoms with Gasteiger partial charge in [-0.1, -0.05) is 13.8 Å². The summed E-state index contributed by atoms with van der Waals surface area (Å²) in [5.41, 5.74) is 6.73. The van der Waals surface area contributed by atoms with E-state index in [0.29, 0.717) is 16.9 Å². The molecule has 1 saturated carbocycles. The molecular weight excluding hydrogens is 217 g/mol. The topological polar surface area (TPSA) is 61.8 Å². The van der Waals surface area contributed by atoms with E-state index in [1.54, 1.807) is 13.0 Å². The van der Waals surface area contributed by atoms with Gasteiger partial charge >= 0.3 is 0 Å². The zero-order valence-electron chi connectivity index (χ0n) is 10.5. The first-order valence-electron chi connectivity index (χ1n) is 5.81. The lowest BCUT2D eigenvalue weighted by Crippen LogP contribution is -2.19. The van der Waals surface area contributed by atoms with Crippen LogP contribution in [0.3, 0.4) is 0 Å². The zero-order valence-corrected chi connectivity index (χ0v) is 10.5. The molecule has 1 fully saturated rings. The van der Waals surface area contributed by atoms with Gasteiger partial charge in [-0.05, 0) is 37.5 Å². The van der Waals surface area contributed by atoms with E-state index in [1.807, 2.05) is 13.8 Å². The Morgan fingerprint density at radius 3 is 2.47 bits per heavy atom. The van der Waals surface area contributed by atoms with E-state index in [4.69, 9.17) is 11.0 Å². The van der Waals surface area contributed by atoms with Gasteiger partial charge < -0.3 is 11.1 Å². The van der Waals surface area contributed by atoms with Gasteiger partial charge in [-0.2, -0.15) is 5.26 Å². The lowest BCUT2D eigenvalue weighted by molar-refractivity contribution is 0.619. The van der Waals surface area contributed by atoms with E-state index in [-0.39, 0.29) is 5.82 Å². The molecule has 17 heavy (non-hydrogen) atoms. The predicted octanol–water partition coefficient (Wildman–Crippen LogP) is 3.21. The highest BCUT2D eigenvalue weighted by Crippen LogP contribution is 2.39. The van der Waals surface area contributed by atoms with Crippen LogP contribution in [-0.2, 0) is 0 Å². The predicted molar refractivity (Wildman–Crippen MR) is 68.1 cm³/mol. The Labute approximate surface area is 101 Å². The third kappa shape index (κ3) is 2.88. The number of halogens is 1. The highest BCUT2D eigenvalue weighted by Gasteiger charge is 2.43. The maximum atomic E-state index is 13.3. The van der Waals surface area contributed by atoms with Gasteiger partial charge in [0, 0.05) is 0 Å². The standard InChI is InChI=1S/C11H12FN3.C2H6/c1-7-4-9(14)10(5-8(7)12)15-11(6-13)2-3-11;1-2/h4-5,15H,2-3,14H2,1H3;1-2H3. The van der Waals surface area contributed by atoms with Crippen molar-refractivity contribution >= 4 is 11.4 Å². The number of hydrogen-bond donors (Lipinski definition) is 2. The second-order valence-electron chi connectivity index (χ2n) is 4.01. The van der Waals surface area contributed by atoms with Gasteiger partial charge in [0.05, 0.1) is 17.4 Å². The van der Waals surface area contributed by atoms with Crippen molar-refractivity contribution in [3.8, 4) is 6.07 Å². The molecule has 4 heteroatoms. The van der Waals surface area contributed by atoms with Gasteiger partial charge in [-0.3, -0.25) is 0 Å². The summed E-state index contributed by atoms with van der Waals surface area (Å²) in [6, 6.07) is 5.10. The fourth-order valence-electron chi connectivity index (χ4n) is 1.46. The van der Waals surface area contributed by atoms with Gasteiger partial charge in [-0.25, -0.2) is 4.39 Å². The third-order valence-corrected chi connectivity index (χ3v) is 2.67. The average Bonchev–Trinajstić information content (AvgIpc) is 3.09. The van der Waals surface area contributed by atoms with Gasteiger partial charge in [0.25, 0.3) is 0 Å². The van der Waals surface area contributed by atoms with Gasteiger partial charge in [0.15, 0.2) is 0 Å². The molecule has 0 aromatic heterocycles. The number of nitrogens with one attached hydrogen (secondary N) is 1. The van der Waals surface area contributed by atoms with Crippen LogP contribution >= 0.6 is 0 Å². The van der Waals surface area contributed by atoms with Crippen LogP contribution in [0.15, 0.2) is 12.1 Å². The summed E-state index contributed by atoms with van der Waals surface area (Å²) in [4.78, 5) is 0. The largest absolute Gasteiger partial charge is 0.397 e. The molecule has 0 aliphatic heterocycles. The zero-order chi connectivity index (χ0) is 13.1. The lowest BCUT2D eigenvalue weighted by Gasteiger charge is -2.13. The molecule has 3 nitrogen and oxygen atoms in total. The fraction of sp³-hybridized carbons (Fsp3) is 0.462. The van der Waals surface area contributed by atoms with Crippen molar-refractivity contribution < 1.29 is 4.39 Å². The number of anilines is 2. The molecule has 1 aromatic carbocycles. The number of rotatable bonds is 2. The first-order chi connectivity index (χ1) is 8.06. The molecule has 0 atom stereocenters. The molecule has 0 amide bonds. The van der Waals surface area contributed by atoms with Crippen LogP contribution in [0, 0.1) is 24.1 Å². The summed E-state index contributed by atoms with van der Waals surface area (Å²) in [6.45, 7) is 5.66. The molecule has 92 valence electrons. The van der Waals surface area contributed by atoms with Crippen LogP contribution in [0.4, 0.5) is 15.8 Å². The lowest BCUT2D eigenvalue weighted by atomic mass is 10.1. The second kappa shape index (κ2) is 5.05. The number of benzene rings is 1. The molecular formula is C13H18FN3. The summed E-state index contributed by atoms with van der Waals surface area (Å²) in [5.74, 6) is -0.305. The van der Waals surface area contributed by atoms with Gasteiger partial charge in [0.2, 0.25) is 0 Å². The SMILES string of the molecule is CC.Cc1cc(N)c(NC2(C#N)CC2)cc1F. The van der Waals surface area contributed by atoms with Crippen LogP contribution in [0.5, 0.6) is 0 Å². The van der Waals surface area contributed by atoms with Crippen LogP contribution in [-0.4, -0.2) is 5.54 Å². The monoisotopic (exact) mass is 235 g/mol. The highest BCUT2D eigenvalue weighted by molar-refractivity contribution is 5.69. The van der Waals surface area contributed by atoms with Crippen LogP contribution in [0.2, 0.25) is 0 Å². The quantitative estimate of drug-likeness (QED) is 0.774. The minimum absolute atomic E-state index is 0.305. The minimum Gasteiger partial charge on any atom is -0.397 e. The molecule has 2 rings (SSSR count). The molecule has 0 radical (unpaired) electrons. The van der Waals surface area contributed by atoms with Crippen LogP contribution < -0.4 is 11.1 Å². The molecule has 1 aliphatic carbocycles. The molecule has 0 bridgehead atoms. The number of nitrogen functional groups attached to an aromatic ring is 1.